The molecule has 124 valence electrons. The SMILES string of the molecule is COc1cc(Oc2ccc(-c3cnc[nH]3)cc2)cc(OC)c1OC. The van der Waals surface area contributed by atoms with Crippen molar-refractivity contribution in [3.63, 3.8) is 0 Å². The van der Waals surface area contributed by atoms with Crippen LogP contribution in [0.25, 0.3) is 11.3 Å². The summed E-state index contributed by atoms with van der Waals surface area (Å²) >= 11 is 0. The summed E-state index contributed by atoms with van der Waals surface area (Å²) in [5, 5.41) is 0. The fourth-order valence-electron chi connectivity index (χ4n) is 2.37. The van der Waals surface area contributed by atoms with E-state index in [9.17, 15) is 0 Å². The van der Waals surface area contributed by atoms with Gasteiger partial charge in [0.25, 0.3) is 0 Å². The third kappa shape index (κ3) is 3.12. The standard InChI is InChI=1S/C18H18N2O4/c1-21-16-8-14(9-17(22-2)18(16)23-3)24-13-6-4-12(5-7-13)15-10-19-11-20-15/h4-11H,1-3H3,(H,19,20). The predicted molar refractivity (Wildman–Crippen MR) is 90.2 cm³/mol. The van der Waals surface area contributed by atoms with Crippen LogP contribution >= 0.6 is 0 Å². The summed E-state index contributed by atoms with van der Waals surface area (Å²) in [6.45, 7) is 0. The molecule has 6 nitrogen and oxygen atoms in total. The maximum absolute atomic E-state index is 5.89. The van der Waals surface area contributed by atoms with Crippen molar-refractivity contribution in [2.45, 2.75) is 0 Å². The van der Waals surface area contributed by atoms with E-state index in [0.29, 0.717) is 28.7 Å². The highest BCUT2D eigenvalue weighted by Crippen LogP contribution is 2.41. The number of benzene rings is 2. The second kappa shape index (κ2) is 6.95. The van der Waals surface area contributed by atoms with Crippen LogP contribution in [0.2, 0.25) is 0 Å². The highest BCUT2D eigenvalue weighted by atomic mass is 16.5. The number of nitrogens with one attached hydrogen (secondary N) is 1. The van der Waals surface area contributed by atoms with Gasteiger partial charge in [-0.05, 0) is 29.8 Å². The van der Waals surface area contributed by atoms with Crippen LogP contribution in [-0.2, 0) is 0 Å². The van der Waals surface area contributed by atoms with Crippen molar-refractivity contribution in [3.05, 3.63) is 48.9 Å². The molecule has 0 bridgehead atoms. The Balaban J connectivity index is 1.85. The van der Waals surface area contributed by atoms with Gasteiger partial charge in [-0.1, -0.05) is 0 Å². The number of H-pyrrole nitrogens is 1. The first-order valence-corrected chi connectivity index (χ1v) is 7.32. The Bertz CT molecular complexity index is 773. The monoisotopic (exact) mass is 326 g/mol. The Morgan fingerprint density at radius 1 is 0.833 bits per heavy atom. The molecule has 1 heterocycles. The van der Waals surface area contributed by atoms with Crippen molar-refractivity contribution < 1.29 is 18.9 Å². The largest absolute Gasteiger partial charge is 0.493 e. The minimum Gasteiger partial charge on any atom is -0.493 e. The first-order chi connectivity index (χ1) is 11.7. The van der Waals surface area contributed by atoms with Crippen LogP contribution in [0.5, 0.6) is 28.7 Å². The molecular formula is C18H18N2O4. The minimum absolute atomic E-state index is 0.530. The molecule has 0 amide bonds. The second-order valence-corrected chi connectivity index (χ2v) is 4.95. The lowest BCUT2D eigenvalue weighted by Gasteiger charge is -2.14. The lowest BCUT2D eigenvalue weighted by atomic mass is 10.1. The minimum atomic E-state index is 0.530. The molecule has 1 aromatic heterocycles. The zero-order valence-electron chi connectivity index (χ0n) is 13.7. The summed E-state index contributed by atoms with van der Waals surface area (Å²) in [5.74, 6) is 2.91. The van der Waals surface area contributed by atoms with Gasteiger partial charge in [-0.2, -0.15) is 0 Å². The van der Waals surface area contributed by atoms with Crippen molar-refractivity contribution in [2.24, 2.45) is 0 Å². The lowest BCUT2D eigenvalue weighted by Crippen LogP contribution is -1.96. The Labute approximate surface area is 140 Å². The van der Waals surface area contributed by atoms with Crippen molar-refractivity contribution in [1.29, 1.82) is 0 Å². The number of aromatic nitrogens is 2. The van der Waals surface area contributed by atoms with Gasteiger partial charge < -0.3 is 23.9 Å². The molecule has 0 unspecified atom stereocenters. The average molecular weight is 326 g/mol. The quantitative estimate of drug-likeness (QED) is 0.744. The predicted octanol–water partition coefficient (Wildman–Crippen LogP) is 3.89. The van der Waals surface area contributed by atoms with E-state index >= 15 is 0 Å². The van der Waals surface area contributed by atoms with Gasteiger partial charge in [0.05, 0.1) is 39.5 Å². The summed E-state index contributed by atoms with van der Waals surface area (Å²) in [6, 6.07) is 11.2. The maximum atomic E-state index is 5.89. The van der Waals surface area contributed by atoms with E-state index in [1.54, 1.807) is 46.0 Å². The summed E-state index contributed by atoms with van der Waals surface area (Å²) in [6.07, 6.45) is 3.42. The number of hydrogen-bond donors (Lipinski definition) is 1. The number of hydrogen-bond acceptors (Lipinski definition) is 5. The molecule has 0 radical (unpaired) electrons. The number of aromatic amines is 1. The van der Waals surface area contributed by atoms with Gasteiger partial charge in [0.15, 0.2) is 11.5 Å². The normalized spacial score (nSPS) is 10.3. The molecule has 2 aromatic carbocycles. The maximum Gasteiger partial charge on any atom is 0.203 e. The number of methoxy groups -OCH3 is 3. The van der Waals surface area contributed by atoms with E-state index in [2.05, 4.69) is 9.97 Å². The first-order valence-electron chi connectivity index (χ1n) is 7.32. The highest BCUT2D eigenvalue weighted by molar-refractivity contribution is 5.60. The second-order valence-electron chi connectivity index (χ2n) is 4.95. The molecule has 0 saturated heterocycles. The molecule has 0 fully saturated rings. The van der Waals surface area contributed by atoms with Gasteiger partial charge in [0.1, 0.15) is 11.5 Å². The Hall–Kier alpha value is -3.15. The molecule has 0 aliphatic heterocycles. The van der Waals surface area contributed by atoms with Gasteiger partial charge in [-0.3, -0.25) is 0 Å². The van der Waals surface area contributed by atoms with Gasteiger partial charge in [-0.25, -0.2) is 4.98 Å². The van der Waals surface area contributed by atoms with E-state index in [-0.39, 0.29) is 0 Å². The average Bonchev–Trinajstić information content (AvgIpc) is 3.16. The van der Waals surface area contributed by atoms with Gasteiger partial charge in [0.2, 0.25) is 5.75 Å². The fraction of sp³-hybridized carbons (Fsp3) is 0.167. The molecule has 1 N–H and O–H groups in total. The molecule has 6 heteroatoms. The molecule has 0 saturated carbocycles. The summed E-state index contributed by atoms with van der Waals surface area (Å²) in [7, 11) is 4.70. The lowest BCUT2D eigenvalue weighted by molar-refractivity contribution is 0.321. The van der Waals surface area contributed by atoms with Crippen LogP contribution in [0, 0.1) is 0 Å². The van der Waals surface area contributed by atoms with Crippen molar-refractivity contribution in [3.8, 4) is 40.0 Å². The topological polar surface area (TPSA) is 65.6 Å². The van der Waals surface area contributed by atoms with Crippen LogP contribution in [0.15, 0.2) is 48.9 Å². The van der Waals surface area contributed by atoms with E-state index in [4.69, 9.17) is 18.9 Å². The smallest absolute Gasteiger partial charge is 0.203 e. The van der Waals surface area contributed by atoms with Gasteiger partial charge in [0, 0.05) is 12.1 Å². The molecule has 0 atom stereocenters. The molecule has 0 aliphatic carbocycles. The molecule has 0 spiro atoms. The number of rotatable bonds is 6. The number of nitrogens with zero attached hydrogens (tertiary/aromatic N) is 1. The Morgan fingerprint density at radius 3 is 2.00 bits per heavy atom. The van der Waals surface area contributed by atoms with Crippen molar-refractivity contribution in [1.82, 2.24) is 9.97 Å². The Kier molecular flexibility index (Phi) is 4.56. The highest BCUT2D eigenvalue weighted by Gasteiger charge is 2.14. The van der Waals surface area contributed by atoms with Crippen molar-refractivity contribution in [2.75, 3.05) is 21.3 Å². The number of ether oxygens (including phenoxy) is 4. The van der Waals surface area contributed by atoms with Crippen LogP contribution in [0.4, 0.5) is 0 Å². The van der Waals surface area contributed by atoms with Crippen LogP contribution in [-0.4, -0.2) is 31.3 Å². The van der Waals surface area contributed by atoms with E-state index in [0.717, 1.165) is 11.3 Å². The molecular weight excluding hydrogens is 308 g/mol. The molecule has 3 aromatic rings. The summed E-state index contributed by atoms with van der Waals surface area (Å²) < 4.78 is 21.9. The third-order valence-corrected chi connectivity index (χ3v) is 3.54. The fourth-order valence-corrected chi connectivity index (χ4v) is 2.37. The molecule has 0 aliphatic rings. The van der Waals surface area contributed by atoms with Gasteiger partial charge >= 0.3 is 0 Å². The zero-order chi connectivity index (χ0) is 16.9. The van der Waals surface area contributed by atoms with Crippen LogP contribution < -0.4 is 18.9 Å². The first kappa shape index (κ1) is 15.7. The van der Waals surface area contributed by atoms with Crippen LogP contribution in [0.3, 0.4) is 0 Å². The van der Waals surface area contributed by atoms with E-state index < -0.39 is 0 Å². The zero-order valence-corrected chi connectivity index (χ0v) is 13.7. The summed E-state index contributed by atoms with van der Waals surface area (Å²) in [4.78, 5) is 7.08. The number of imidazole rings is 1. The van der Waals surface area contributed by atoms with E-state index in [1.807, 2.05) is 24.3 Å². The third-order valence-electron chi connectivity index (χ3n) is 3.54. The Morgan fingerprint density at radius 2 is 1.50 bits per heavy atom. The van der Waals surface area contributed by atoms with Crippen molar-refractivity contribution >= 4 is 0 Å². The van der Waals surface area contributed by atoms with Crippen LogP contribution in [0.1, 0.15) is 0 Å². The molecule has 3 rings (SSSR count). The van der Waals surface area contributed by atoms with E-state index in [1.165, 1.54) is 0 Å². The van der Waals surface area contributed by atoms with Gasteiger partial charge in [-0.15, -0.1) is 0 Å². The molecule has 24 heavy (non-hydrogen) atoms. The summed E-state index contributed by atoms with van der Waals surface area (Å²) in [5.41, 5.74) is 1.99.